The minimum atomic E-state index is -1.09. The molecule has 1 aromatic heterocycles. The van der Waals surface area contributed by atoms with Crippen LogP contribution in [0.4, 0.5) is 0 Å². The van der Waals surface area contributed by atoms with E-state index in [0.717, 1.165) is 12.1 Å². The average molecular weight is 821 g/mol. The second-order valence-electron chi connectivity index (χ2n) is 13.5. The fraction of sp³-hybridized carbons (Fsp3) is 0.528. The number of aryl methyl sites for hydroxylation is 1. The van der Waals surface area contributed by atoms with Crippen molar-refractivity contribution in [3.8, 4) is 17.5 Å². The van der Waals surface area contributed by atoms with Crippen molar-refractivity contribution < 1.29 is 69.0 Å². The number of aromatic hydroxyl groups is 3. The zero-order valence-corrected chi connectivity index (χ0v) is 32.2. The van der Waals surface area contributed by atoms with Crippen LogP contribution in [-0.2, 0) is 46.4 Å². The average Bonchev–Trinajstić information content (AvgIpc) is 3.46. The summed E-state index contributed by atoms with van der Waals surface area (Å²) in [6, 6.07) is 6.83. The van der Waals surface area contributed by atoms with Gasteiger partial charge in [0.2, 0.25) is 29.5 Å². The van der Waals surface area contributed by atoms with Crippen LogP contribution in [0.3, 0.4) is 0 Å². The monoisotopic (exact) mass is 820 g/mol. The van der Waals surface area contributed by atoms with Crippen LogP contribution in [0.25, 0.3) is 0 Å². The van der Waals surface area contributed by atoms with Crippen molar-refractivity contribution in [1.82, 2.24) is 39.9 Å². The van der Waals surface area contributed by atoms with E-state index in [9.17, 15) is 64.2 Å². The number of benzene rings is 1. The van der Waals surface area contributed by atoms with Gasteiger partial charge in [-0.1, -0.05) is 19.1 Å². The van der Waals surface area contributed by atoms with Crippen molar-refractivity contribution in [3.63, 3.8) is 0 Å². The van der Waals surface area contributed by atoms with Crippen LogP contribution in [0.1, 0.15) is 18.1 Å². The number of carbonyl (C=O) groups is 7. The fourth-order valence-electron chi connectivity index (χ4n) is 6.01. The molecule has 1 saturated heterocycles. The van der Waals surface area contributed by atoms with Crippen LogP contribution in [0, 0.1) is 0 Å². The number of carboxylic acids is 3. The first-order valence-electron chi connectivity index (χ1n) is 18.5. The quantitative estimate of drug-likeness (QED) is 0.0696. The lowest BCUT2D eigenvalue weighted by atomic mass is 10.0. The molecule has 0 bridgehead atoms. The van der Waals surface area contributed by atoms with E-state index in [1.165, 1.54) is 11.0 Å². The minimum absolute atomic E-state index is 0.0647. The van der Waals surface area contributed by atoms with Gasteiger partial charge in [-0.3, -0.25) is 48.4 Å². The SMILES string of the molecule is CCc1cc(CC(=O)N(CCNC(=O)CN2CCN(CC(=O)O)CCN(CC(=O)O)CCN(CC(=O)O)CC2)CC(=O)NCC(=O)On2c(O)ccc2O)ccc1O. The largest absolute Gasteiger partial charge is 0.508 e. The van der Waals surface area contributed by atoms with Gasteiger partial charge in [0.15, 0.2) is 0 Å². The van der Waals surface area contributed by atoms with Gasteiger partial charge in [0.05, 0.1) is 39.1 Å². The maximum Gasteiger partial charge on any atom is 0.352 e. The Labute approximate surface area is 333 Å². The molecule has 1 fully saturated rings. The summed E-state index contributed by atoms with van der Waals surface area (Å²) in [7, 11) is 0. The number of carboxylic acid groups (broad SMARTS) is 3. The molecular formula is C36H52N8O14. The molecule has 2 heterocycles. The molecule has 0 spiro atoms. The number of aromatic nitrogens is 1. The second kappa shape index (κ2) is 23.3. The van der Waals surface area contributed by atoms with Crippen molar-refractivity contribution in [2.75, 3.05) is 105 Å². The molecule has 1 aliphatic heterocycles. The predicted octanol–water partition coefficient (Wildman–Crippen LogP) is -3.10. The highest BCUT2D eigenvalue weighted by Crippen LogP contribution is 2.20. The first-order valence-corrected chi connectivity index (χ1v) is 18.5. The van der Waals surface area contributed by atoms with Crippen LogP contribution in [0.2, 0.25) is 0 Å². The highest BCUT2D eigenvalue weighted by molar-refractivity contribution is 5.88. The lowest BCUT2D eigenvalue weighted by molar-refractivity contribution is -0.146. The normalized spacial score (nSPS) is 15.1. The first kappa shape index (κ1) is 46.4. The number of nitrogens with one attached hydrogen (secondary N) is 2. The zero-order chi connectivity index (χ0) is 42.8. The van der Waals surface area contributed by atoms with Gasteiger partial charge < -0.3 is 51.0 Å². The smallest absolute Gasteiger partial charge is 0.352 e. The van der Waals surface area contributed by atoms with E-state index in [0.29, 0.717) is 22.3 Å². The highest BCUT2D eigenvalue weighted by atomic mass is 16.7. The molecule has 320 valence electrons. The molecule has 0 saturated carbocycles. The zero-order valence-electron chi connectivity index (χ0n) is 32.2. The van der Waals surface area contributed by atoms with E-state index in [2.05, 4.69) is 10.6 Å². The molecule has 3 rings (SSSR count). The summed E-state index contributed by atoms with van der Waals surface area (Å²) in [5.41, 5.74) is 1.17. The van der Waals surface area contributed by atoms with Crippen molar-refractivity contribution in [2.45, 2.75) is 19.8 Å². The summed E-state index contributed by atoms with van der Waals surface area (Å²) in [6.45, 7) is 0.920. The highest BCUT2D eigenvalue weighted by Gasteiger charge is 2.23. The number of hydrogen-bond donors (Lipinski definition) is 8. The Morgan fingerprint density at radius 1 is 0.672 bits per heavy atom. The third-order valence-electron chi connectivity index (χ3n) is 9.07. The lowest BCUT2D eigenvalue weighted by Gasteiger charge is -2.32. The number of aliphatic carboxylic acids is 3. The van der Waals surface area contributed by atoms with E-state index in [1.807, 2.05) is 6.92 Å². The van der Waals surface area contributed by atoms with Gasteiger partial charge >= 0.3 is 23.9 Å². The van der Waals surface area contributed by atoms with E-state index >= 15 is 0 Å². The Kier molecular flexibility index (Phi) is 18.6. The summed E-state index contributed by atoms with van der Waals surface area (Å²) >= 11 is 0. The van der Waals surface area contributed by atoms with Gasteiger partial charge in [0.1, 0.15) is 12.3 Å². The molecule has 0 atom stereocenters. The standard InChI is InChI=1S/C36H52N8O14/c1-2-26-17-25(3-4-27(26)45)18-32(50)43(21-29(47)38-19-36(57)58-44-30(48)5-6-31(44)49)8-7-37-28(46)20-39-9-11-40(22-33(51)52)13-15-42(24-35(55)56)16-14-41(12-10-39)23-34(53)54/h3-6,17,45,48-49H,2,7-16,18-24H2,1H3,(H,37,46)(H,38,47)(H,51,52)(H,53,54)(H,55,56). The van der Waals surface area contributed by atoms with Gasteiger partial charge in [-0.25, -0.2) is 4.79 Å². The Morgan fingerprint density at radius 3 is 1.62 bits per heavy atom. The van der Waals surface area contributed by atoms with Crippen LogP contribution < -0.4 is 15.5 Å². The number of nitrogens with zero attached hydrogens (tertiary/aromatic N) is 6. The first-order chi connectivity index (χ1) is 27.5. The molecule has 3 amide bonds. The summed E-state index contributed by atoms with van der Waals surface area (Å²) in [6.07, 6.45) is 0.336. The number of amides is 3. The van der Waals surface area contributed by atoms with Crippen LogP contribution in [-0.4, -0.2) is 206 Å². The molecule has 1 aliphatic rings. The molecule has 8 N–H and O–H groups in total. The maximum atomic E-state index is 13.5. The third kappa shape index (κ3) is 16.6. The molecule has 0 aliphatic carbocycles. The van der Waals surface area contributed by atoms with Crippen molar-refractivity contribution in [3.05, 3.63) is 41.5 Å². The van der Waals surface area contributed by atoms with Crippen LogP contribution in [0.15, 0.2) is 30.3 Å². The Morgan fingerprint density at radius 2 is 1.16 bits per heavy atom. The fourth-order valence-corrected chi connectivity index (χ4v) is 6.01. The molecule has 58 heavy (non-hydrogen) atoms. The van der Waals surface area contributed by atoms with E-state index in [-0.39, 0.29) is 104 Å². The molecule has 1 aromatic carbocycles. The van der Waals surface area contributed by atoms with Gasteiger partial charge in [-0.05, 0) is 23.6 Å². The molecule has 2 aromatic rings. The van der Waals surface area contributed by atoms with Crippen molar-refractivity contribution >= 4 is 41.6 Å². The van der Waals surface area contributed by atoms with Crippen LogP contribution >= 0.6 is 0 Å². The summed E-state index contributed by atoms with van der Waals surface area (Å²) < 4.78 is 0.448. The van der Waals surface area contributed by atoms with E-state index in [1.54, 1.807) is 31.7 Å². The third-order valence-corrected chi connectivity index (χ3v) is 9.07. The number of phenols is 1. The Hall–Kier alpha value is -5.97. The number of carbonyl (C=O) groups excluding carboxylic acids is 4. The topological polar surface area (TPSA) is 295 Å². The van der Waals surface area contributed by atoms with Crippen LogP contribution in [0.5, 0.6) is 17.5 Å². The summed E-state index contributed by atoms with van der Waals surface area (Å²) in [5.74, 6) is -7.11. The number of hydrogen-bond acceptors (Lipinski definition) is 15. The molecule has 22 nitrogen and oxygen atoms in total. The summed E-state index contributed by atoms with van der Waals surface area (Å²) in [5, 5.41) is 62.8. The van der Waals surface area contributed by atoms with Gasteiger partial charge in [-0.15, -0.1) is 4.73 Å². The Balaban J connectivity index is 1.67. The van der Waals surface area contributed by atoms with Gasteiger partial charge in [0.25, 0.3) is 0 Å². The van der Waals surface area contributed by atoms with E-state index in [4.69, 9.17) is 4.84 Å². The number of phenolic OH excluding ortho intramolecular Hbond substituents is 1. The molecule has 0 radical (unpaired) electrons. The van der Waals surface area contributed by atoms with E-state index < -0.39 is 66.4 Å². The molecule has 22 heteroatoms. The maximum absolute atomic E-state index is 13.5. The molecular weight excluding hydrogens is 768 g/mol. The lowest BCUT2D eigenvalue weighted by Crippen LogP contribution is -2.50. The number of rotatable bonds is 19. The minimum Gasteiger partial charge on any atom is -0.508 e. The van der Waals surface area contributed by atoms with Crippen molar-refractivity contribution in [1.29, 1.82) is 0 Å². The van der Waals surface area contributed by atoms with Gasteiger partial charge in [0, 0.05) is 77.6 Å². The molecule has 0 unspecified atom stereocenters. The summed E-state index contributed by atoms with van der Waals surface area (Å²) in [4.78, 5) is 99.1. The Bertz CT molecular complexity index is 1700. The second-order valence-corrected chi connectivity index (χ2v) is 13.5. The van der Waals surface area contributed by atoms with Gasteiger partial charge in [-0.2, -0.15) is 0 Å². The predicted molar refractivity (Wildman–Crippen MR) is 202 cm³/mol. The van der Waals surface area contributed by atoms with Crippen molar-refractivity contribution in [2.24, 2.45) is 0 Å².